The van der Waals surface area contributed by atoms with Crippen LogP contribution in [0.5, 0.6) is 0 Å². The van der Waals surface area contributed by atoms with Gasteiger partial charge in [0.2, 0.25) is 23.8 Å². The number of rotatable bonds is 22. The first-order chi connectivity index (χ1) is 24.2. The van der Waals surface area contributed by atoms with Gasteiger partial charge < -0.3 is 31.1 Å². The number of benzene rings is 2. The van der Waals surface area contributed by atoms with E-state index in [0.29, 0.717) is 23.5 Å². The molecule has 1 unspecified atom stereocenters. The summed E-state index contributed by atoms with van der Waals surface area (Å²) in [5.74, 6) is 0.542. The SMILES string of the molecule is CCN(CC)CCCNc1nc(NCCCN(CC)CC)nc(Nc2ccc(N=NC(C(C)=O)C(=O)Cc3ccc4c(c3)CC(=O)N4)cc2)n1. The maximum Gasteiger partial charge on any atom is 0.233 e. The fourth-order valence-electron chi connectivity index (χ4n) is 5.60. The summed E-state index contributed by atoms with van der Waals surface area (Å²) in [4.78, 5) is 55.6. The van der Waals surface area contributed by atoms with E-state index in [2.05, 4.69) is 83.9 Å². The van der Waals surface area contributed by atoms with Crippen molar-refractivity contribution >= 4 is 52.4 Å². The summed E-state index contributed by atoms with van der Waals surface area (Å²) in [6, 6.07) is 11.2. The van der Waals surface area contributed by atoms with E-state index in [1.54, 1.807) is 36.4 Å². The van der Waals surface area contributed by atoms with Crippen molar-refractivity contribution in [2.45, 2.75) is 66.3 Å². The van der Waals surface area contributed by atoms with Crippen molar-refractivity contribution in [3.8, 4) is 0 Å². The Bertz CT molecular complexity index is 1570. The van der Waals surface area contributed by atoms with Crippen LogP contribution in [0, 0.1) is 0 Å². The van der Waals surface area contributed by atoms with Crippen LogP contribution in [-0.4, -0.2) is 101 Å². The first kappa shape index (κ1) is 38.0. The predicted molar refractivity (Wildman–Crippen MR) is 198 cm³/mol. The number of hydrogen-bond donors (Lipinski definition) is 4. The van der Waals surface area contributed by atoms with Gasteiger partial charge >= 0.3 is 0 Å². The molecule has 1 amide bonds. The highest BCUT2D eigenvalue weighted by molar-refractivity contribution is 6.06. The van der Waals surface area contributed by atoms with E-state index in [1.165, 1.54) is 6.92 Å². The summed E-state index contributed by atoms with van der Waals surface area (Å²) in [5, 5.41) is 21.0. The third kappa shape index (κ3) is 11.7. The lowest BCUT2D eigenvalue weighted by Crippen LogP contribution is -2.27. The number of anilines is 5. The fourth-order valence-corrected chi connectivity index (χ4v) is 5.60. The molecule has 3 aromatic rings. The van der Waals surface area contributed by atoms with Gasteiger partial charge in [0.1, 0.15) is 0 Å². The molecule has 0 spiro atoms. The Balaban J connectivity index is 1.39. The molecule has 0 radical (unpaired) electrons. The third-order valence-electron chi connectivity index (χ3n) is 8.57. The molecular formula is C36H51N11O3. The van der Waals surface area contributed by atoms with Crippen LogP contribution in [-0.2, 0) is 27.2 Å². The van der Waals surface area contributed by atoms with Gasteiger partial charge in [0.15, 0.2) is 17.6 Å². The summed E-state index contributed by atoms with van der Waals surface area (Å²) >= 11 is 0. The van der Waals surface area contributed by atoms with Crippen molar-refractivity contribution in [1.82, 2.24) is 24.8 Å². The van der Waals surface area contributed by atoms with E-state index in [-0.39, 0.29) is 30.3 Å². The zero-order valence-electron chi connectivity index (χ0n) is 30.0. The molecule has 1 atom stereocenters. The van der Waals surface area contributed by atoms with Gasteiger partial charge in [-0.15, -0.1) is 0 Å². The number of amides is 1. The van der Waals surface area contributed by atoms with E-state index in [1.807, 2.05) is 6.07 Å². The van der Waals surface area contributed by atoms with Crippen LogP contribution in [0.4, 0.5) is 34.9 Å². The van der Waals surface area contributed by atoms with Crippen molar-refractivity contribution < 1.29 is 14.4 Å². The Hall–Kier alpha value is -4.82. The second kappa shape index (κ2) is 19.4. The van der Waals surface area contributed by atoms with Crippen molar-refractivity contribution in [2.75, 3.05) is 73.6 Å². The molecule has 1 aliphatic rings. The molecule has 50 heavy (non-hydrogen) atoms. The molecule has 1 aromatic heterocycles. The molecule has 4 rings (SSSR count). The number of Topliss-reactive ketones (excluding diaryl/α,β-unsaturated/α-hetero) is 2. The van der Waals surface area contributed by atoms with Gasteiger partial charge in [-0.25, -0.2) is 0 Å². The monoisotopic (exact) mass is 685 g/mol. The minimum absolute atomic E-state index is 0.0130. The van der Waals surface area contributed by atoms with Crippen molar-refractivity contribution in [1.29, 1.82) is 0 Å². The lowest BCUT2D eigenvalue weighted by Gasteiger charge is -2.18. The molecule has 0 fully saturated rings. The van der Waals surface area contributed by atoms with Crippen LogP contribution in [0.1, 0.15) is 58.6 Å². The van der Waals surface area contributed by atoms with E-state index in [9.17, 15) is 14.4 Å². The standard InChI is InChI=1S/C36H51N11O3/c1-6-46(7-2)20-10-18-37-34-41-35(38-19-11-21-47(8-3)9-4)43-36(42-34)39-28-13-15-29(16-14-28)44-45-33(25(5)48)31(49)23-26-12-17-30-27(22-26)24-32(50)40-30/h12-17,22,33H,6-11,18-21,23-24H2,1-5H3,(H,40,50)(H3,37,38,39,41,42,43). The maximum atomic E-state index is 13.0. The van der Waals surface area contributed by atoms with Crippen molar-refractivity contribution in [3.63, 3.8) is 0 Å². The number of carbonyl (C=O) groups excluding carboxylic acids is 3. The molecule has 0 saturated heterocycles. The zero-order valence-corrected chi connectivity index (χ0v) is 30.0. The van der Waals surface area contributed by atoms with Crippen molar-refractivity contribution in [3.05, 3.63) is 53.6 Å². The lowest BCUT2D eigenvalue weighted by atomic mass is 9.99. The minimum atomic E-state index is -1.22. The molecule has 0 bridgehead atoms. The smallest absolute Gasteiger partial charge is 0.233 e. The minimum Gasteiger partial charge on any atom is -0.354 e. The average molecular weight is 686 g/mol. The molecule has 1 aliphatic heterocycles. The van der Waals surface area contributed by atoms with Gasteiger partial charge in [-0.3, -0.25) is 14.4 Å². The predicted octanol–water partition coefficient (Wildman–Crippen LogP) is 5.25. The van der Waals surface area contributed by atoms with E-state index < -0.39 is 6.04 Å². The third-order valence-corrected chi connectivity index (χ3v) is 8.57. The summed E-state index contributed by atoms with van der Waals surface area (Å²) in [6.45, 7) is 17.5. The van der Waals surface area contributed by atoms with Crippen LogP contribution in [0.15, 0.2) is 52.7 Å². The number of azo groups is 1. The van der Waals surface area contributed by atoms with Crippen LogP contribution in [0.3, 0.4) is 0 Å². The van der Waals surface area contributed by atoms with Crippen molar-refractivity contribution in [2.24, 2.45) is 10.2 Å². The number of ketones is 2. The molecule has 4 N–H and O–H groups in total. The Morgan fingerprint density at radius 1 is 0.840 bits per heavy atom. The summed E-state index contributed by atoms with van der Waals surface area (Å²) in [7, 11) is 0. The van der Waals surface area contributed by atoms with E-state index in [4.69, 9.17) is 0 Å². The average Bonchev–Trinajstić information content (AvgIpc) is 3.48. The van der Waals surface area contributed by atoms with Crippen LogP contribution < -0.4 is 21.3 Å². The number of nitrogens with one attached hydrogen (secondary N) is 4. The van der Waals surface area contributed by atoms with Crippen LogP contribution in [0.2, 0.25) is 0 Å². The normalized spacial score (nSPS) is 13.1. The van der Waals surface area contributed by atoms with Gasteiger partial charge in [0, 0.05) is 30.9 Å². The van der Waals surface area contributed by atoms with Gasteiger partial charge in [-0.2, -0.15) is 25.2 Å². The first-order valence-electron chi connectivity index (χ1n) is 17.6. The maximum absolute atomic E-state index is 13.0. The van der Waals surface area contributed by atoms with E-state index in [0.717, 1.165) is 87.7 Å². The number of hydrogen-bond acceptors (Lipinski definition) is 13. The van der Waals surface area contributed by atoms with Gasteiger partial charge in [0.25, 0.3) is 0 Å². The van der Waals surface area contributed by atoms with Gasteiger partial charge in [-0.1, -0.05) is 39.8 Å². The highest BCUT2D eigenvalue weighted by Gasteiger charge is 2.24. The number of nitrogens with zero attached hydrogens (tertiary/aromatic N) is 7. The van der Waals surface area contributed by atoms with E-state index >= 15 is 0 Å². The van der Waals surface area contributed by atoms with Crippen LogP contribution in [0.25, 0.3) is 0 Å². The Labute approximate surface area is 295 Å². The first-order valence-corrected chi connectivity index (χ1v) is 17.6. The lowest BCUT2D eigenvalue weighted by molar-refractivity contribution is -0.127. The van der Waals surface area contributed by atoms with Gasteiger partial charge in [-0.05, 0) is 100 Å². The summed E-state index contributed by atoms with van der Waals surface area (Å²) in [5.41, 5.74) is 3.51. The summed E-state index contributed by atoms with van der Waals surface area (Å²) < 4.78 is 0. The molecule has 2 heterocycles. The quantitative estimate of drug-likeness (QED) is 0.0619. The zero-order chi connectivity index (χ0) is 35.9. The Morgan fingerprint density at radius 2 is 1.42 bits per heavy atom. The highest BCUT2D eigenvalue weighted by atomic mass is 16.2. The molecule has 0 saturated carbocycles. The second-order valence-electron chi connectivity index (χ2n) is 12.2. The number of aromatic nitrogens is 3. The largest absolute Gasteiger partial charge is 0.354 e. The van der Waals surface area contributed by atoms with Gasteiger partial charge in [0.05, 0.1) is 12.1 Å². The molecular weight excluding hydrogens is 634 g/mol. The molecule has 0 aliphatic carbocycles. The number of fused-ring (bicyclic) bond motifs is 1. The molecule has 2 aromatic carbocycles. The molecule has 14 heteroatoms. The molecule has 14 nitrogen and oxygen atoms in total. The molecule has 268 valence electrons. The highest BCUT2D eigenvalue weighted by Crippen LogP contribution is 2.25. The summed E-state index contributed by atoms with van der Waals surface area (Å²) in [6.07, 6.45) is 2.21. The Kier molecular flexibility index (Phi) is 14.7. The van der Waals surface area contributed by atoms with Crippen LogP contribution >= 0.6 is 0 Å². The number of carbonyl (C=O) groups is 3. The topological polar surface area (TPSA) is 169 Å². The second-order valence-corrected chi connectivity index (χ2v) is 12.2. The fraction of sp³-hybridized carbons (Fsp3) is 0.500. The Morgan fingerprint density at radius 3 is 1.98 bits per heavy atom.